The van der Waals surface area contributed by atoms with Gasteiger partial charge in [0.05, 0.1) is 29.4 Å². The van der Waals surface area contributed by atoms with E-state index >= 15 is 8.78 Å². The fraction of sp³-hybridized carbons (Fsp3) is 0.200. The second-order valence-electron chi connectivity index (χ2n) is 8.24. The number of carbonyl (C=O) groups is 1. The average Bonchev–Trinajstić information content (AvgIpc) is 3.49. The van der Waals surface area contributed by atoms with Gasteiger partial charge in [-0.1, -0.05) is 31.2 Å². The number of ketones is 1. The summed E-state index contributed by atoms with van der Waals surface area (Å²) in [4.78, 5) is 12.1. The minimum atomic E-state index is -4.02. The van der Waals surface area contributed by atoms with Crippen molar-refractivity contribution in [3.63, 3.8) is 0 Å². The van der Waals surface area contributed by atoms with Gasteiger partial charge in [-0.05, 0) is 23.8 Å². The topological polar surface area (TPSA) is 89.1 Å². The lowest BCUT2D eigenvalue weighted by Crippen LogP contribution is -2.10. The molecule has 1 aromatic heterocycles. The highest BCUT2D eigenvalue weighted by Gasteiger charge is 2.28. The summed E-state index contributed by atoms with van der Waals surface area (Å²) in [6, 6.07) is 9.21. The van der Waals surface area contributed by atoms with E-state index in [0.29, 0.717) is 5.56 Å². The third-order valence-corrected chi connectivity index (χ3v) is 7.86. The zero-order valence-electron chi connectivity index (χ0n) is 18.5. The molecule has 0 amide bonds. The smallest absolute Gasteiger partial charge is 0.182 e. The lowest BCUT2D eigenvalue weighted by atomic mass is 9.99. The van der Waals surface area contributed by atoms with Gasteiger partial charge in [-0.25, -0.2) is 21.6 Å². The molecule has 1 aliphatic heterocycles. The predicted molar refractivity (Wildman–Crippen MR) is 122 cm³/mol. The van der Waals surface area contributed by atoms with Gasteiger partial charge in [0.15, 0.2) is 21.4 Å². The number of nitrogens with one attached hydrogen (secondary N) is 1. The molecule has 0 radical (unpaired) electrons. The van der Waals surface area contributed by atoms with Crippen LogP contribution in [0.4, 0.5) is 13.2 Å². The van der Waals surface area contributed by atoms with Crippen molar-refractivity contribution in [2.24, 2.45) is 0 Å². The molecule has 0 saturated heterocycles. The molecular formula is C25H19F3N2O4S. The van der Waals surface area contributed by atoms with Gasteiger partial charge >= 0.3 is 0 Å². The Morgan fingerprint density at radius 3 is 2.63 bits per heavy atom. The number of fused-ring (bicyclic) bond motifs is 2. The van der Waals surface area contributed by atoms with E-state index in [2.05, 4.69) is 10.2 Å². The van der Waals surface area contributed by atoms with Crippen molar-refractivity contribution in [3.05, 3.63) is 82.3 Å². The summed E-state index contributed by atoms with van der Waals surface area (Å²) in [6.07, 6.45) is 0.164. The Morgan fingerprint density at radius 2 is 1.86 bits per heavy atom. The van der Waals surface area contributed by atoms with Crippen LogP contribution < -0.4 is 0 Å². The quantitative estimate of drug-likeness (QED) is 0.366. The number of aromatic nitrogens is 2. The molecule has 0 atom stereocenters. The molecule has 6 nitrogen and oxygen atoms in total. The van der Waals surface area contributed by atoms with Crippen LogP contribution in [0.3, 0.4) is 0 Å². The van der Waals surface area contributed by atoms with E-state index in [0.717, 1.165) is 23.8 Å². The van der Waals surface area contributed by atoms with Crippen LogP contribution in [0.15, 0.2) is 47.4 Å². The summed E-state index contributed by atoms with van der Waals surface area (Å²) >= 11 is 0. The highest BCUT2D eigenvalue weighted by atomic mass is 32.2. The number of rotatable bonds is 6. The monoisotopic (exact) mass is 500 g/mol. The Morgan fingerprint density at radius 1 is 1.06 bits per heavy atom. The van der Waals surface area contributed by atoms with Gasteiger partial charge in [0.25, 0.3) is 0 Å². The first-order chi connectivity index (χ1) is 16.7. The molecule has 0 bridgehead atoms. The summed E-state index contributed by atoms with van der Waals surface area (Å²) in [5, 5.41) is 6.48. The van der Waals surface area contributed by atoms with E-state index in [9.17, 15) is 17.6 Å². The van der Waals surface area contributed by atoms with E-state index in [4.69, 9.17) is 4.74 Å². The minimum Gasteiger partial charge on any atom is -0.372 e. The number of nitrogens with zero attached hydrogens (tertiary/aromatic N) is 1. The largest absolute Gasteiger partial charge is 0.372 e. The second-order valence-corrected chi connectivity index (χ2v) is 10.2. The number of benzene rings is 3. The van der Waals surface area contributed by atoms with E-state index < -0.39 is 44.2 Å². The first kappa shape index (κ1) is 23.3. The standard InChI is InChI=1S/C25H19F3N2O4S/c1-2-19(31)24-16-8-7-15(23(28)25(16)30-29-24)21-18(26)9-6-14(22(21)27)12-35(32,33)20-5-3-4-13-10-34-11-17(13)20/h3-9H,2,10-12H2,1H3,(H,29,30). The van der Waals surface area contributed by atoms with Gasteiger partial charge in [0.1, 0.15) is 22.8 Å². The Labute approximate surface area is 198 Å². The third kappa shape index (κ3) is 3.82. The number of H-pyrrole nitrogens is 1. The molecule has 2 heterocycles. The normalized spacial score (nSPS) is 13.4. The maximum absolute atomic E-state index is 15.5. The van der Waals surface area contributed by atoms with E-state index in [1.807, 2.05) is 0 Å². The molecule has 10 heteroatoms. The van der Waals surface area contributed by atoms with Gasteiger partial charge in [0.2, 0.25) is 0 Å². The number of halogens is 3. The maximum atomic E-state index is 15.5. The van der Waals surface area contributed by atoms with Gasteiger partial charge < -0.3 is 4.74 Å². The molecule has 0 aliphatic carbocycles. The fourth-order valence-corrected chi connectivity index (χ4v) is 5.97. The second kappa shape index (κ2) is 8.62. The number of Topliss-reactive ketones (excluding diaryl/α,β-unsaturated/α-hetero) is 1. The summed E-state index contributed by atoms with van der Waals surface area (Å²) in [7, 11) is -4.02. The molecule has 0 fully saturated rings. The molecule has 35 heavy (non-hydrogen) atoms. The minimum absolute atomic E-state index is 0.0232. The lowest BCUT2D eigenvalue weighted by Gasteiger charge is -2.13. The maximum Gasteiger partial charge on any atom is 0.182 e. The highest BCUT2D eigenvalue weighted by Crippen LogP contribution is 2.36. The van der Waals surface area contributed by atoms with Crippen molar-refractivity contribution in [1.29, 1.82) is 0 Å². The van der Waals surface area contributed by atoms with Crippen LogP contribution in [0.2, 0.25) is 0 Å². The number of aromatic amines is 1. The Balaban J connectivity index is 1.59. The van der Waals surface area contributed by atoms with Gasteiger partial charge in [-0.15, -0.1) is 0 Å². The zero-order chi connectivity index (χ0) is 24.9. The Bertz CT molecular complexity index is 1610. The third-order valence-electron chi connectivity index (χ3n) is 6.12. The molecule has 5 rings (SSSR count). The molecule has 180 valence electrons. The number of ether oxygens (including phenoxy) is 1. The van der Waals surface area contributed by atoms with E-state index in [1.165, 1.54) is 12.1 Å². The van der Waals surface area contributed by atoms with Crippen LogP contribution in [-0.2, 0) is 33.5 Å². The molecule has 0 unspecified atom stereocenters. The summed E-state index contributed by atoms with van der Waals surface area (Å²) in [5.74, 6) is -4.30. The van der Waals surface area contributed by atoms with Crippen LogP contribution in [0.1, 0.15) is 40.5 Å². The molecular weight excluding hydrogens is 481 g/mol. The highest BCUT2D eigenvalue weighted by molar-refractivity contribution is 7.90. The lowest BCUT2D eigenvalue weighted by molar-refractivity contribution is 0.0985. The van der Waals surface area contributed by atoms with Gasteiger partial charge in [-0.3, -0.25) is 9.89 Å². The first-order valence-corrected chi connectivity index (χ1v) is 12.5. The number of carbonyl (C=O) groups excluding carboxylic acids is 1. The van der Waals surface area contributed by atoms with Crippen molar-refractivity contribution < 1.29 is 31.1 Å². The fourth-order valence-electron chi connectivity index (χ4n) is 4.33. The van der Waals surface area contributed by atoms with Crippen molar-refractivity contribution in [1.82, 2.24) is 10.2 Å². The molecule has 0 spiro atoms. The van der Waals surface area contributed by atoms with Gasteiger partial charge in [-0.2, -0.15) is 5.10 Å². The summed E-state index contributed by atoms with van der Waals surface area (Å²) in [5.41, 5.74) is -0.317. The van der Waals surface area contributed by atoms with Crippen LogP contribution in [0, 0.1) is 17.5 Å². The van der Waals surface area contributed by atoms with Crippen molar-refractivity contribution in [2.75, 3.05) is 0 Å². The van der Waals surface area contributed by atoms with Crippen LogP contribution in [-0.4, -0.2) is 24.4 Å². The SMILES string of the molecule is CCC(=O)c1[nH]nc2c(F)c(-c3c(F)ccc(CS(=O)(=O)c4cccc5c4COC5)c3F)ccc12. The van der Waals surface area contributed by atoms with Gasteiger partial charge in [0, 0.05) is 28.5 Å². The van der Waals surface area contributed by atoms with Crippen molar-refractivity contribution >= 4 is 26.5 Å². The number of hydrogen-bond donors (Lipinski definition) is 1. The molecule has 1 aliphatic rings. The van der Waals surface area contributed by atoms with E-state index in [1.54, 1.807) is 19.1 Å². The predicted octanol–water partition coefficient (Wildman–Crippen LogP) is 5.24. The van der Waals surface area contributed by atoms with E-state index in [-0.39, 0.29) is 52.5 Å². The van der Waals surface area contributed by atoms with Crippen LogP contribution in [0.5, 0.6) is 0 Å². The molecule has 3 aromatic carbocycles. The molecule has 4 aromatic rings. The molecule has 0 saturated carbocycles. The Kier molecular flexibility index (Phi) is 5.72. The first-order valence-electron chi connectivity index (χ1n) is 10.8. The van der Waals surface area contributed by atoms with Crippen LogP contribution >= 0.6 is 0 Å². The Hall–Kier alpha value is -3.50. The van der Waals surface area contributed by atoms with Crippen LogP contribution in [0.25, 0.3) is 22.0 Å². The number of hydrogen-bond acceptors (Lipinski definition) is 5. The zero-order valence-corrected chi connectivity index (χ0v) is 19.3. The number of sulfone groups is 1. The van der Waals surface area contributed by atoms with Crippen molar-refractivity contribution in [2.45, 2.75) is 37.2 Å². The summed E-state index contributed by atoms with van der Waals surface area (Å²) in [6.45, 7) is 2.05. The molecule has 1 N–H and O–H groups in total. The average molecular weight is 500 g/mol. The van der Waals surface area contributed by atoms with Crippen molar-refractivity contribution in [3.8, 4) is 11.1 Å². The summed E-state index contributed by atoms with van der Waals surface area (Å²) < 4.78 is 77.2.